The Kier molecular flexibility index (Phi) is 5.93. The zero-order chi connectivity index (χ0) is 23.8. The van der Waals surface area contributed by atoms with Crippen LogP contribution in [0, 0.1) is 0 Å². The Balaban J connectivity index is 1.47. The van der Waals surface area contributed by atoms with Crippen molar-refractivity contribution in [1.29, 1.82) is 0 Å². The maximum Gasteiger partial charge on any atom is 0.319 e. The van der Waals surface area contributed by atoms with Crippen LogP contribution >= 0.6 is 0 Å². The molecule has 1 aliphatic rings. The van der Waals surface area contributed by atoms with E-state index in [-0.39, 0.29) is 30.3 Å². The molecule has 8 heteroatoms. The van der Waals surface area contributed by atoms with E-state index in [1.54, 1.807) is 18.2 Å². The Hall–Kier alpha value is -3.68. The number of nitrogens with one attached hydrogen (secondary N) is 2. The van der Waals surface area contributed by atoms with E-state index in [1.807, 2.05) is 0 Å². The highest BCUT2D eigenvalue weighted by atomic mass is 16.4. The van der Waals surface area contributed by atoms with Crippen LogP contribution in [-0.4, -0.2) is 32.8 Å². The molecule has 2 amide bonds. The lowest BCUT2D eigenvalue weighted by Crippen LogP contribution is -2.31. The van der Waals surface area contributed by atoms with E-state index in [2.05, 4.69) is 54.7 Å². The molecule has 1 aromatic heterocycles. The minimum absolute atomic E-state index is 0.0615. The fourth-order valence-corrected chi connectivity index (χ4v) is 4.23. The average molecular weight is 449 g/mol. The van der Waals surface area contributed by atoms with Crippen LogP contribution in [-0.2, 0) is 16.6 Å². The highest BCUT2D eigenvalue weighted by Crippen LogP contribution is 2.34. The summed E-state index contributed by atoms with van der Waals surface area (Å²) >= 11 is 0. The molecular formula is C25H28N4O4. The molecular weight excluding hydrogens is 420 g/mol. The van der Waals surface area contributed by atoms with Gasteiger partial charge in [-0.05, 0) is 47.1 Å². The van der Waals surface area contributed by atoms with Gasteiger partial charge in [0.15, 0.2) is 0 Å². The molecule has 1 heterocycles. The van der Waals surface area contributed by atoms with Crippen LogP contribution in [0.2, 0.25) is 0 Å². The number of rotatable bonds is 5. The van der Waals surface area contributed by atoms with Gasteiger partial charge >= 0.3 is 12.0 Å². The number of urea groups is 1. The number of carboxylic acid groups (broad SMARTS) is 1. The van der Waals surface area contributed by atoms with Gasteiger partial charge in [0.2, 0.25) is 5.91 Å². The molecule has 0 radical (unpaired) electrons. The second kappa shape index (κ2) is 8.69. The van der Waals surface area contributed by atoms with E-state index in [0.29, 0.717) is 16.6 Å². The third-order valence-electron chi connectivity index (χ3n) is 6.04. The van der Waals surface area contributed by atoms with Crippen LogP contribution < -0.4 is 10.6 Å². The Morgan fingerprint density at radius 3 is 2.67 bits per heavy atom. The smallest absolute Gasteiger partial charge is 0.319 e. The summed E-state index contributed by atoms with van der Waals surface area (Å²) < 4.78 is 1.18. The van der Waals surface area contributed by atoms with Crippen molar-refractivity contribution in [3.05, 3.63) is 59.3 Å². The Labute approximate surface area is 192 Å². The molecule has 1 aliphatic carbocycles. The summed E-state index contributed by atoms with van der Waals surface area (Å²) in [5, 5.41) is 19.5. The number of aromatic nitrogens is 2. The molecule has 33 heavy (non-hydrogen) atoms. The number of hydrogen-bond donors (Lipinski definition) is 3. The van der Waals surface area contributed by atoms with Gasteiger partial charge in [0.25, 0.3) is 0 Å². The fraction of sp³-hybridized carbons (Fsp3) is 0.360. The standard InChI is InChI=1S/C25H28N4O4/c1-25(2,3)16-8-9-17-15(13-16)7-10-20(17)28-24(33)27-19-5-4-6-21-18(19)14-26-29(21)22(30)11-12-23(31)32/h4-6,8-9,13-14,20H,7,10-12H2,1-3H3,(H,31,32)(H2,27,28,33)/t20-/m1/s1. The van der Waals surface area contributed by atoms with Gasteiger partial charge in [-0.1, -0.05) is 45.0 Å². The molecule has 2 aromatic carbocycles. The van der Waals surface area contributed by atoms with Crippen molar-refractivity contribution in [3.8, 4) is 0 Å². The topological polar surface area (TPSA) is 113 Å². The summed E-state index contributed by atoms with van der Waals surface area (Å²) in [4.78, 5) is 35.9. The molecule has 8 nitrogen and oxygen atoms in total. The largest absolute Gasteiger partial charge is 0.481 e. The molecule has 172 valence electrons. The third-order valence-corrected chi connectivity index (χ3v) is 6.04. The summed E-state index contributed by atoms with van der Waals surface area (Å²) in [7, 11) is 0. The van der Waals surface area contributed by atoms with Crippen LogP contribution in [0.15, 0.2) is 42.6 Å². The van der Waals surface area contributed by atoms with Gasteiger partial charge in [-0.15, -0.1) is 0 Å². The molecule has 3 aromatic rings. The molecule has 0 fully saturated rings. The van der Waals surface area contributed by atoms with E-state index in [0.717, 1.165) is 18.4 Å². The van der Waals surface area contributed by atoms with Crippen LogP contribution in [0.5, 0.6) is 0 Å². The predicted molar refractivity (Wildman–Crippen MR) is 126 cm³/mol. The molecule has 0 bridgehead atoms. The van der Waals surface area contributed by atoms with Gasteiger partial charge < -0.3 is 15.7 Å². The summed E-state index contributed by atoms with van der Waals surface area (Å²) in [6.07, 6.45) is 2.85. The number of carbonyl (C=O) groups is 3. The van der Waals surface area contributed by atoms with E-state index >= 15 is 0 Å². The Morgan fingerprint density at radius 2 is 1.94 bits per heavy atom. The summed E-state index contributed by atoms with van der Waals surface area (Å²) in [6, 6.07) is 11.3. The number of carbonyl (C=O) groups excluding carboxylic acids is 2. The van der Waals surface area contributed by atoms with Crippen LogP contribution in [0.1, 0.15) is 67.6 Å². The molecule has 3 N–H and O–H groups in total. The van der Waals surface area contributed by atoms with Crippen molar-refractivity contribution in [1.82, 2.24) is 15.1 Å². The fourth-order valence-electron chi connectivity index (χ4n) is 4.23. The molecule has 4 rings (SSSR count). The van der Waals surface area contributed by atoms with E-state index < -0.39 is 11.9 Å². The highest BCUT2D eigenvalue weighted by Gasteiger charge is 2.26. The third kappa shape index (κ3) is 4.74. The minimum atomic E-state index is -1.04. The van der Waals surface area contributed by atoms with Gasteiger partial charge in [0.1, 0.15) is 0 Å². The van der Waals surface area contributed by atoms with Gasteiger partial charge in [-0.3, -0.25) is 9.59 Å². The summed E-state index contributed by atoms with van der Waals surface area (Å²) in [5.41, 5.74) is 4.83. The number of aryl methyl sites for hydroxylation is 1. The summed E-state index contributed by atoms with van der Waals surface area (Å²) in [6.45, 7) is 6.57. The first kappa shape index (κ1) is 22.5. The number of hydrogen-bond acceptors (Lipinski definition) is 4. The maximum absolute atomic E-state index is 12.8. The quantitative estimate of drug-likeness (QED) is 0.526. The molecule has 0 unspecified atom stereocenters. The predicted octanol–water partition coefficient (Wildman–Crippen LogP) is 4.65. The average Bonchev–Trinajstić information content (AvgIpc) is 3.36. The zero-order valence-electron chi connectivity index (χ0n) is 19.0. The van der Waals surface area contributed by atoms with Crippen molar-refractivity contribution in [3.63, 3.8) is 0 Å². The second-order valence-corrected chi connectivity index (χ2v) is 9.44. The van der Waals surface area contributed by atoms with Crippen molar-refractivity contribution in [2.75, 3.05) is 5.32 Å². The molecule has 0 spiro atoms. The Bertz CT molecular complexity index is 1240. The molecule has 0 aliphatic heterocycles. The SMILES string of the molecule is CC(C)(C)c1ccc2c(c1)CC[C@H]2NC(=O)Nc1cccc2c1cnn2C(=O)CCC(=O)O. The molecule has 0 saturated carbocycles. The first-order valence-corrected chi connectivity index (χ1v) is 11.1. The second-order valence-electron chi connectivity index (χ2n) is 9.44. The highest BCUT2D eigenvalue weighted by molar-refractivity contribution is 6.03. The monoisotopic (exact) mass is 448 g/mol. The first-order valence-electron chi connectivity index (χ1n) is 11.1. The van der Waals surface area contributed by atoms with Gasteiger partial charge in [0, 0.05) is 11.8 Å². The zero-order valence-corrected chi connectivity index (χ0v) is 19.0. The summed E-state index contributed by atoms with van der Waals surface area (Å²) in [5.74, 6) is -1.45. The van der Waals surface area contributed by atoms with Crippen molar-refractivity contribution >= 4 is 34.5 Å². The lowest BCUT2D eigenvalue weighted by molar-refractivity contribution is -0.137. The van der Waals surface area contributed by atoms with E-state index in [1.165, 1.54) is 22.0 Å². The van der Waals surface area contributed by atoms with Crippen LogP contribution in [0.3, 0.4) is 0 Å². The number of anilines is 1. The lowest BCUT2D eigenvalue weighted by Gasteiger charge is -2.21. The molecule has 1 atom stereocenters. The number of fused-ring (bicyclic) bond motifs is 2. The van der Waals surface area contributed by atoms with Gasteiger partial charge in [-0.2, -0.15) is 5.10 Å². The van der Waals surface area contributed by atoms with Crippen LogP contribution in [0.4, 0.5) is 10.5 Å². The van der Waals surface area contributed by atoms with Gasteiger partial charge in [-0.25, -0.2) is 9.48 Å². The number of benzene rings is 2. The van der Waals surface area contributed by atoms with Gasteiger partial charge in [0.05, 0.1) is 29.9 Å². The number of aliphatic carboxylic acids is 1. The van der Waals surface area contributed by atoms with Crippen molar-refractivity contribution < 1.29 is 19.5 Å². The molecule has 0 saturated heterocycles. The van der Waals surface area contributed by atoms with E-state index in [9.17, 15) is 14.4 Å². The van der Waals surface area contributed by atoms with Crippen LogP contribution in [0.25, 0.3) is 10.9 Å². The Morgan fingerprint density at radius 1 is 1.15 bits per heavy atom. The first-order chi connectivity index (χ1) is 15.6. The number of carboxylic acids is 1. The number of nitrogens with zero attached hydrogens (tertiary/aromatic N) is 2. The van der Waals surface area contributed by atoms with Crippen molar-refractivity contribution in [2.24, 2.45) is 0 Å². The minimum Gasteiger partial charge on any atom is -0.481 e. The maximum atomic E-state index is 12.8. The number of amides is 2. The van der Waals surface area contributed by atoms with Crippen molar-refractivity contribution in [2.45, 2.75) is 57.9 Å². The van der Waals surface area contributed by atoms with E-state index in [4.69, 9.17) is 5.11 Å². The normalized spacial score (nSPS) is 15.3. The lowest BCUT2D eigenvalue weighted by atomic mass is 9.85.